The number of halogens is 5. The number of hydrogen-bond donors (Lipinski definition) is 2. The summed E-state index contributed by atoms with van der Waals surface area (Å²) >= 11 is 0. The molecule has 0 radical (unpaired) electrons. The number of fused-ring (bicyclic) bond motifs is 1. The Labute approximate surface area is 173 Å². The molecule has 6 nitrogen and oxygen atoms in total. The number of anilines is 1. The number of benzene rings is 1. The van der Waals surface area contributed by atoms with E-state index in [0.29, 0.717) is 24.0 Å². The number of aromatic nitrogens is 3. The summed E-state index contributed by atoms with van der Waals surface area (Å²) in [7, 11) is 0. The highest BCUT2D eigenvalue weighted by Gasteiger charge is 2.32. The van der Waals surface area contributed by atoms with Gasteiger partial charge in [-0.1, -0.05) is 12.8 Å². The lowest BCUT2D eigenvalue weighted by atomic mass is 9.93. The molecule has 0 unspecified atom stereocenters. The van der Waals surface area contributed by atoms with Gasteiger partial charge in [-0.15, -0.1) is 10.2 Å². The number of nitrogens with one attached hydrogen (secondary N) is 1. The first-order valence-corrected chi connectivity index (χ1v) is 9.69. The fourth-order valence-electron chi connectivity index (χ4n) is 3.78. The van der Waals surface area contributed by atoms with Gasteiger partial charge in [0.2, 0.25) is 5.95 Å². The molecule has 3 aromatic rings. The Balaban J connectivity index is 1.76. The molecule has 2 N–H and O–H groups in total. The Hall–Kier alpha value is -2.95. The lowest BCUT2D eigenvalue weighted by molar-refractivity contribution is -0.138. The average Bonchev–Trinajstić information content (AvgIpc) is 3.19. The minimum atomic E-state index is -4.72. The Morgan fingerprint density at radius 3 is 2.61 bits per heavy atom. The van der Waals surface area contributed by atoms with Crippen molar-refractivity contribution in [2.75, 3.05) is 5.32 Å². The zero-order valence-electron chi connectivity index (χ0n) is 16.1. The van der Waals surface area contributed by atoms with Crippen molar-refractivity contribution in [2.24, 2.45) is 0 Å². The molecule has 1 aromatic carbocycles. The summed E-state index contributed by atoms with van der Waals surface area (Å²) in [5, 5.41) is 21.5. The van der Waals surface area contributed by atoms with Crippen LogP contribution in [0.4, 0.5) is 27.9 Å². The van der Waals surface area contributed by atoms with Crippen LogP contribution >= 0.6 is 0 Å². The second-order valence-electron chi connectivity index (χ2n) is 7.33. The smallest absolute Gasteiger partial charge is 0.416 e. The molecule has 11 heteroatoms. The van der Waals surface area contributed by atoms with Gasteiger partial charge in [0.05, 0.1) is 23.2 Å². The van der Waals surface area contributed by atoms with Crippen LogP contribution in [0.1, 0.15) is 31.2 Å². The zero-order chi connectivity index (χ0) is 22.2. The minimum Gasteiger partial charge on any atom is -0.434 e. The molecule has 0 amide bonds. The highest BCUT2D eigenvalue weighted by atomic mass is 19.4. The first-order valence-electron chi connectivity index (χ1n) is 9.69. The van der Waals surface area contributed by atoms with Crippen LogP contribution < -0.4 is 10.1 Å². The van der Waals surface area contributed by atoms with E-state index in [0.717, 1.165) is 31.4 Å². The highest BCUT2D eigenvalue weighted by Crippen LogP contribution is 2.38. The molecule has 4 rings (SSSR count). The maximum atomic E-state index is 13.0. The van der Waals surface area contributed by atoms with Crippen molar-refractivity contribution in [3.05, 3.63) is 42.1 Å². The fourth-order valence-corrected chi connectivity index (χ4v) is 3.78. The molecule has 166 valence electrons. The number of rotatable bonds is 5. The third-order valence-electron chi connectivity index (χ3n) is 5.29. The Morgan fingerprint density at radius 2 is 1.90 bits per heavy atom. The number of aliphatic hydroxyl groups excluding tert-OH is 1. The third kappa shape index (κ3) is 4.41. The Morgan fingerprint density at radius 1 is 1.13 bits per heavy atom. The SMILES string of the molecule is O[C@@H]1CCCC[C@@H]1Nc1nnc(-c2ccc(C(F)(F)F)cc2OC(F)F)c2cccn12. The molecule has 0 saturated heterocycles. The molecule has 1 aliphatic carbocycles. The fraction of sp³-hybridized carbons (Fsp3) is 0.400. The van der Waals surface area contributed by atoms with E-state index in [4.69, 9.17) is 0 Å². The van der Waals surface area contributed by atoms with E-state index in [1.54, 1.807) is 22.7 Å². The maximum Gasteiger partial charge on any atom is 0.416 e. The predicted octanol–water partition coefficient (Wildman–Crippen LogP) is 4.73. The van der Waals surface area contributed by atoms with Gasteiger partial charge in [-0.25, -0.2) is 0 Å². The number of hydrogen-bond acceptors (Lipinski definition) is 5. The molecular weight excluding hydrogens is 423 g/mol. The molecule has 0 aliphatic heterocycles. The summed E-state index contributed by atoms with van der Waals surface area (Å²) in [6, 6.07) is 5.42. The highest BCUT2D eigenvalue weighted by molar-refractivity contribution is 5.81. The van der Waals surface area contributed by atoms with Crippen molar-refractivity contribution in [2.45, 2.75) is 50.6 Å². The number of aliphatic hydroxyl groups is 1. The molecule has 2 heterocycles. The minimum absolute atomic E-state index is 0.0475. The summed E-state index contributed by atoms with van der Waals surface area (Å²) in [4.78, 5) is 0. The Kier molecular flexibility index (Phi) is 5.69. The van der Waals surface area contributed by atoms with Gasteiger partial charge in [-0.2, -0.15) is 22.0 Å². The molecule has 1 saturated carbocycles. The summed E-state index contributed by atoms with van der Waals surface area (Å²) in [5.74, 6) is -0.316. The van der Waals surface area contributed by atoms with Gasteiger partial charge < -0.3 is 15.2 Å². The largest absolute Gasteiger partial charge is 0.434 e. The van der Waals surface area contributed by atoms with E-state index in [1.807, 2.05) is 0 Å². The quantitative estimate of drug-likeness (QED) is 0.559. The monoisotopic (exact) mass is 442 g/mol. The van der Waals surface area contributed by atoms with Gasteiger partial charge in [0.15, 0.2) is 0 Å². The molecule has 1 aliphatic rings. The lowest BCUT2D eigenvalue weighted by Gasteiger charge is -2.28. The standard InChI is InChI=1S/C20H19F5N4O2/c21-18(22)31-16-10-11(20(23,24)25)7-8-12(16)17-14-5-3-9-29(14)19(28-27-17)26-13-4-1-2-6-15(13)30/h3,5,7-10,13,15,18,30H,1-2,4,6H2,(H,26,28)/t13-,15+/m0/s1. The second kappa shape index (κ2) is 8.29. The van der Waals surface area contributed by atoms with Crippen LogP contribution in [0.25, 0.3) is 16.8 Å². The molecule has 1 fully saturated rings. The van der Waals surface area contributed by atoms with Crippen LogP contribution in [0.5, 0.6) is 5.75 Å². The van der Waals surface area contributed by atoms with Gasteiger partial charge in [0.25, 0.3) is 0 Å². The van der Waals surface area contributed by atoms with Gasteiger partial charge in [0.1, 0.15) is 11.4 Å². The summed E-state index contributed by atoms with van der Waals surface area (Å²) in [6.07, 6.45) is -0.303. The van der Waals surface area contributed by atoms with E-state index < -0.39 is 30.2 Å². The molecule has 2 atom stereocenters. The third-order valence-corrected chi connectivity index (χ3v) is 5.29. The number of alkyl halides is 5. The topological polar surface area (TPSA) is 71.7 Å². The van der Waals surface area contributed by atoms with Crippen LogP contribution in [0.15, 0.2) is 36.5 Å². The van der Waals surface area contributed by atoms with Crippen LogP contribution in [0.2, 0.25) is 0 Å². The van der Waals surface area contributed by atoms with E-state index in [-0.39, 0.29) is 17.3 Å². The first-order chi connectivity index (χ1) is 14.7. The maximum absolute atomic E-state index is 13.0. The molecule has 31 heavy (non-hydrogen) atoms. The van der Waals surface area contributed by atoms with Crippen LogP contribution in [-0.2, 0) is 6.18 Å². The molecule has 0 spiro atoms. The summed E-state index contributed by atoms with van der Waals surface area (Å²) in [6.45, 7) is -3.31. The van der Waals surface area contributed by atoms with E-state index >= 15 is 0 Å². The van der Waals surface area contributed by atoms with Crippen molar-refractivity contribution >= 4 is 11.5 Å². The number of ether oxygens (including phenoxy) is 1. The van der Waals surface area contributed by atoms with Crippen molar-refractivity contribution in [1.82, 2.24) is 14.6 Å². The summed E-state index contributed by atoms with van der Waals surface area (Å²) < 4.78 is 70.9. The van der Waals surface area contributed by atoms with E-state index in [9.17, 15) is 27.1 Å². The van der Waals surface area contributed by atoms with E-state index in [2.05, 4.69) is 20.3 Å². The zero-order valence-corrected chi connectivity index (χ0v) is 16.1. The van der Waals surface area contributed by atoms with Crippen molar-refractivity contribution in [3.63, 3.8) is 0 Å². The average molecular weight is 442 g/mol. The summed E-state index contributed by atoms with van der Waals surface area (Å²) in [5.41, 5.74) is -0.643. The Bertz CT molecular complexity index is 1070. The van der Waals surface area contributed by atoms with Crippen LogP contribution in [0.3, 0.4) is 0 Å². The van der Waals surface area contributed by atoms with Gasteiger partial charge in [-0.3, -0.25) is 4.40 Å². The molecule has 0 bridgehead atoms. The van der Waals surface area contributed by atoms with Gasteiger partial charge >= 0.3 is 12.8 Å². The van der Waals surface area contributed by atoms with Gasteiger partial charge in [0, 0.05) is 11.8 Å². The normalized spacial score (nSPS) is 19.7. The lowest BCUT2D eigenvalue weighted by Crippen LogP contribution is -2.37. The van der Waals surface area contributed by atoms with Gasteiger partial charge in [-0.05, 0) is 43.2 Å². The predicted molar refractivity (Wildman–Crippen MR) is 102 cm³/mol. The molecule has 2 aromatic heterocycles. The van der Waals surface area contributed by atoms with Crippen molar-refractivity contribution in [1.29, 1.82) is 0 Å². The van der Waals surface area contributed by atoms with Crippen LogP contribution in [0, 0.1) is 0 Å². The van der Waals surface area contributed by atoms with Crippen molar-refractivity contribution in [3.8, 4) is 17.0 Å². The molecular formula is C20H19F5N4O2. The number of nitrogens with zero attached hydrogens (tertiary/aromatic N) is 3. The first kappa shape index (κ1) is 21.3. The second-order valence-corrected chi connectivity index (χ2v) is 7.33. The van der Waals surface area contributed by atoms with Crippen LogP contribution in [-0.4, -0.2) is 38.5 Å². The van der Waals surface area contributed by atoms with E-state index in [1.165, 1.54) is 0 Å². The van der Waals surface area contributed by atoms with Crippen molar-refractivity contribution < 1.29 is 31.8 Å².